The summed E-state index contributed by atoms with van der Waals surface area (Å²) in [5, 5.41) is 0. The topological polar surface area (TPSA) is 47.7 Å². The highest BCUT2D eigenvalue weighted by atomic mass is 16.5. The summed E-state index contributed by atoms with van der Waals surface area (Å²) >= 11 is 0. The minimum absolute atomic E-state index is 0.0947. The molecule has 2 N–H and O–H groups in total. The molecular weight excluding hydrogens is 180 g/mol. The van der Waals surface area contributed by atoms with Gasteiger partial charge in [-0.1, -0.05) is 0 Å². The zero-order valence-electron chi connectivity index (χ0n) is 8.87. The van der Waals surface area contributed by atoms with E-state index >= 15 is 0 Å². The maximum Gasteiger partial charge on any atom is 0.0938 e. The summed E-state index contributed by atoms with van der Waals surface area (Å²) in [6.07, 6.45) is 2.21. The molecule has 2 aliphatic rings. The predicted octanol–water partition coefficient (Wildman–Crippen LogP) is -0.175. The fourth-order valence-electron chi connectivity index (χ4n) is 2.41. The van der Waals surface area contributed by atoms with Crippen LogP contribution in [0, 0.1) is 0 Å². The van der Waals surface area contributed by atoms with E-state index in [0.29, 0.717) is 12.6 Å². The van der Waals surface area contributed by atoms with Crippen LogP contribution in [0.15, 0.2) is 0 Å². The van der Waals surface area contributed by atoms with Crippen molar-refractivity contribution in [2.75, 3.05) is 40.0 Å². The van der Waals surface area contributed by atoms with E-state index in [-0.39, 0.29) is 5.60 Å². The minimum atomic E-state index is -0.0947. The third-order valence-electron chi connectivity index (χ3n) is 3.57. The molecule has 2 rings (SSSR count). The van der Waals surface area contributed by atoms with Crippen molar-refractivity contribution >= 4 is 0 Å². The highest BCUT2D eigenvalue weighted by molar-refractivity contribution is 4.95. The molecule has 14 heavy (non-hydrogen) atoms. The summed E-state index contributed by atoms with van der Waals surface area (Å²) < 4.78 is 10.9. The predicted molar refractivity (Wildman–Crippen MR) is 54.2 cm³/mol. The molecule has 2 unspecified atom stereocenters. The molecule has 0 aliphatic carbocycles. The molecule has 2 aliphatic heterocycles. The summed E-state index contributed by atoms with van der Waals surface area (Å²) in [6.45, 7) is 4.47. The van der Waals surface area contributed by atoms with Gasteiger partial charge in [-0.25, -0.2) is 0 Å². The minimum Gasteiger partial charge on any atom is -0.380 e. The second-order valence-electron chi connectivity index (χ2n) is 4.33. The number of ether oxygens (including phenoxy) is 2. The number of hydrogen-bond acceptors (Lipinski definition) is 4. The highest BCUT2D eigenvalue weighted by Gasteiger charge is 2.40. The van der Waals surface area contributed by atoms with Crippen LogP contribution in [0.25, 0.3) is 0 Å². The van der Waals surface area contributed by atoms with E-state index in [2.05, 4.69) is 4.90 Å². The molecule has 0 aromatic rings. The number of rotatable bonds is 3. The van der Waals surface area contributed by atoms with Crippen LogP contribution in [0.1, 0.15) is 12.8 Å². The first-order valence-corrected chi connectivity index (χ1v) is 5.37. The second kappa shape index (κ2) is 4.14. The Morgan fingerprint density at radius 2 is 2.50 bits per heavy atom. The maximum atomic E-state index is 5.76. The Balaban J connectivity index is 1.92. The van der Waals surface area contributed by atoms with Crippen LogP contribution in [0.2, 0.25) is 0 Å². The zero-order valence-corrected chi connectivity index (χ0v) is 8.87. The van der Waals surface area contributed by atoms with Crippen LogP contribution in [-0.4, -0.2) is 56.5 Å². The molecule has 0 spiro atoms. The normalized spacial score (nSPS) is 39.4. The first kappa shape index (κ1) is 10.4. The monoisotopic (exact) mass is 200 g/mol. The van der Waals surface area contributed by atoms with Crippen molar-refractivity contribution < 1.29 is 9.47 Å². The average Bonchev–Trinajstić information content (AvgIpc) is 2.87. The quantitative estimate of drug-likeness (QED) is 0.687. The lowest BCUT2D eigenvalue weighted by Crippen LogP contribution is -2.44. The van der Waals surface area contributed by atoms with Gasteiger partial charge in [0.2, 0.25) is 0 Å². The van der Waals surface area contributed by atoms with Crippen molar-refractivity contribution in [1.29, 1.82) is 0 Å². The Morgan fingerprint density at radius 1 is 1.64 bits per heavy atom. The summed E-state index contributed by atoms with van der Waals surface area (Å²) in [7, 11) is 1.77. The van der Waals surface area contributed by atoms with Crippen LogP contribution in [0.3, 0.4) is 0 Å². The maximum absolute atomic E-state index is 5.76. The van der Waals surface area contributed by atoms with Gasteiger partial charge in [0.05, 0.1) is 12.2 Å². The van der Waals surface area contributed by atoms with E-state index in [1.54, 1.807) is 7.11 Å². The van der Waals surface area contributed by atoms with Crippen LogP contribution in [0.4, 0.5) is 0 Å². The largest absolute Gasteiger partial charge is 0.380 e. The van der Waals surface area contributed by atoms with Crippen molar-refractivity contribution in [1.82, 2.24) is 4.90 Å². The Labute approximate surface area is 85.3 Å². The summed E-state index contributed by atoms with van der Waals surface area (Å²) in [5.74, 6) is 0. The molecule has 0 amide bonds. The Morgan fingerprint density at radius 3 is 3.00 bits per heavy atom. The lowest BCUT2D eigenvalue weighted by Gasteiger charge is -2.28. The Kier molecular flexibility index (Phi) is 3.07. The number of methoxy groups -OCH3 is 1. The molecule has 0 aromatic carbocycles. The van der Waals surface area contributed by atoms with Crippen LogP contribution >= 0.6 is 0 Å². The van der Waals surface area contributed by atoms with E-state index in [0.717, 1.165) is 39.1 Å². The standard InChI is InChI=1S/C10H20N2O2/c1-13-10(7-11)3-4-12(8-10)9-2-5-14-6-9/h9H,2-8,11H2,1H3. The van der Waals surface area contributed by atoms with E-state index in [9.17, 15) is 0 Å². The third-order valence-corrected chi connectivity index (χ3v) is 3.57. The molecular formula is C10H20N2O2. The first-order valence-electron chi connectivity index (χ1n) is 5.37. The average molecular weight is 200 g/mol. The molecule has 0 bridgehead atoms. The Bertz CT molecular complexity index is 189. The summed E-state index contributed by atoms with van der Waals surface area (Å²) in [6, 6.07) is 0.596. The lowest BCUT2D eigenvalue weighted by molar-refractivity contribution is 0.00236. The van der Waals surface area contributed by atoms with Gasteiger partial charge in [-0.05, 0) is 12.8 Å². The molecule has 82 valence electrons. The molecule has 0 saturated carbocycles. The van der Waals surface area contributed by atoms with E-state index < -0.39 is 0 Å². The number of hydrogen-bond donors (Lipinski definition) is 1. The lowest BCUT2D eigenvalue weighted by atomic mass is 10.0. The van der Waals surface area contributed by atoms with Crippen molar-refractivity contribution in [2.45, 2.75) is 24.5 Å². The molecule has 4 heteroatoms. The SMILES string of the molecule is COC1(CN)CCN(C2CCOC2)C1. The fourth-order valence-corrected chi connectivity index (χ4v) is 2.41. The van der Waals surface area contributed by atoms with Crippen molar-refractivity contribution in [3.05, 3.63) is 0 Å². The van der Waals surface area contributed by atoms with E-state index in [1.807, 2.05) is 0 Å². The van der Waals surface area contributed by atoms with Gasteiger partial charge in [0.15, 0.2) is 0 Å². The van der Waals surface area contributed by atoms with Gasteiger partial charge in [-0.3, -0.25) is 4.90 Å². The van der Waals surface area contributed by atoms with Crippen molar-refractivity contribution in [3.8, 4) is 0 Å². The van der Waals surface area contributed by atoms with Gasteiger partial charge < -0.3 is 15.2 Å². The molecule has 0 radical (unpaired) electrons. The third kappa shape index (κ3) is 1.80. The first-order chi connectivity index (χ1) is 6.79. The molecule has 2 saturated heterocycles. The number of likely N-dealkylation sites (tertiary alicyclic amines) is 1. The van der Waals surface area contributed by atoms with Gasteiger partial charge in [0.25, 0.3) is 0 Å². The molecule has 2 fully saturated rings. The Hall–Kier alpha value is -0.160. The zero-order chi connectivity index (χ0) is 10.0. The van der Waals surface area contributed by atoms with E-state index in [4.69, 9.17) is 15.2 Å². The number of nitrogens with two attached hydrogens (primary N) is 1. The van der Waals surface area contributed by atoms with Crippen molar-refractivity contribution in [2.24, 2.45) is 5.73 Å². The van der Waals surface area contributed by atoms with Gasteiger partial charge in [0.1, 0.15) is 0 Å². The molecule has 4 nitrogen and oxygen atoms in total. The summed E-state index contributed by atoms with van der Waals surface area (Å²) in [4.78, 5) is 2.46. The van der Waals surface area contributed by atoms with Gasteiger partial charge in [-0.2, -0.15) is 0 Å². The molecule has 2 atom stereocenters. The highest BCUT2D eigenvalue weighted by Crippen LogP contribution is 2.27. The number of nitrogens with zero attached hydrogens (tertiary/aromatic N) is 1. The van der Waals surface area contributed by atoms with Gasteiger partial charge >= 0.3 is 0 Å². The molecule has 0 aromatic heterocycles. The van der Waals surface area contributed by atoms with Crippen LogP contribution in [0.5, 0.6) is 0 Å². The van der Waals surface area contributed by atoms with Crippen LogP contribution in [-0.2, 0) is 9.47 Å². The van der Waals surface area contributed by atoms with Crippen LogP contribution < -0.4 is 5.73 Å². The van der Waals surface area contributed by atoms with E-state index in [1.165, 1.54) is 0 Å². The van der Waals surface area contributed by atoms with Gasteiger partial charge in [-0.15, -0.1) is 0 Å². The van der Waals surface area contributed by atoms with Gasteiger partial charge in [0, 0.05) is 39.4 Å². The van der Waals surface area contributed by atoms with Crippen molar-refractivity contribution in [3.63, 3.8) is 0 Å². The smallest absolute Gasteiger partial charge is 0.0938 e. The second-order valence-corrected chi connectivity index (χ2v) is 4.33. The summed E-state index contributed by atoms with van der Waals surface area (Å²) in [5.41, 5.74) is 5.66. The molecule has 2 heterocycles. The fraction of sp³-hybridized carbons (Fsp3) is 1.00.